The van der Waals surface area contributed by atoms with Crippen LogP contribution in [0.2, 0.25) is 5.02 Å². The van der Waals surface area contributed by atoms with Crippen molar-refractivity contribution in [2.75, 3.05) is 19.6 Å². The summed E-state index contributed by atoms with van der Waals surface area (Å²) in [4.78, 5) is 19.1. The minimum Gasteiger partial charge on any atom is -0.348 e. The average molecular weight is 443 g/mol. The lowest BCUT2D eigenvalue weighted by Gasteiger charge is -2.30. The Balaban J connectivity index is 1.34. The van der Waals surface area contributed by atoms with Crippen LogP contribution < -0.4 is 5.32 Å². The number of likely N-dealkylation sites (tertiary alicyclic amines) is 1. The number of nitrogens with zero attached hydrogens (tertiary/aromatic N) is 3. The highest BCUT2D eigenvalue weighted by atomic mass is 35.5. The second-order valence-corrected chi connectivity index (χ2v) is 8.32. The van der Waals surface area contributed by atoms with E-state index in [1.165, 1.54) is 12.1 Å². The topological polar surface area (TPSA) is 71.3 Å². The van der Waals surface area contributed by atoms with Crippen LogP contribution in [-0.2, 0) is 4.79 Å². The van der Waals surface area contributed by atoms with Gasteiger partial charge in [-0.25, -0.2) is 4.39 Å². The maximum Gasteiger partial charge on any atom is 0.234 e. The second kappa shape index (κ2) is 9.58. The molecule has 6 nitrogen and oxygen atoms in total. The molecule has 8 heteroatoms. The van der Waals surface area contributed by atoms with Gasteiger partial charge in [-0.1, -0.05) is 41.0 Å². The molecule has 1 fully saturated rings. The first-order chi connectivity index (χ1) is 15.0. The van der Waals surface area contributed by atoms with Crippen molar-refractivity contribution >= 4 is 17.5 Å². The monoisotopic (exact) mass is 442 g/mol. The lowest BCUT2D eigenvalue weighted by Crippen LogP contribution is -2.42. The Labute approximate surface area is 185 Å². The van der Waals surface area contributed by atoms with Crippen LogP contribution in [0.3, 0.4) is 0 Å². The Morgan fingerprint density at radius 1 is 1.32 bits per heavy atom. The van der Waals surface area contributed by atoms with E-state index >= 15 is 0 Å². The number of amides is 1. The van der Waals surface area contributed by atoms with Gasteiger partial charge in [0.15, 0.2) is 0 Å². The number of rotatable bonds is 6. The van der Waals surface area contributed by atoms with Gasteiger partial charge in [0.1, 0.15) is 5.82 Å². The largest absolute Gasteiger partial charge is 0.348 e. The van der Waals surface area contributed by atoms with Crippen molar-refractivity contribution in [2.24, 2.45) is 0 Å². The molecular formula is C23H24ClFN4O2. The van der Waals surface area contributed by atoms with Crippen molar-refractivity contribution < 1.29 is 13.7 Å². The summed E-state index contributed by atoms with van der Waals surface area (Å²) in [6.07, 6.45) is 1.84. The lowest BCUT2D eigenvalue weighted by atomic mass is 9.98. The number of aromatic nitrogens is 2. The van der Waals surface area contributed by atoms with E-state index in [4.69, 9.17) is 16.1 Å². The van der Waals surface area contributed by atoms with Crippen LogP contribution in [-0.4, -0.2) is 40.6 Å². The molecule has 1 aromatic heterocycles. The molecule has 1 saturated heterocycles. The minimum atomic E-state index is -0.341. The molecule has 0 spiro atoms. The number of carbonyl (C=O) groups excluding carboxylic acids is 1. The van der Waals surface area contributed by atoms with E-state index in [-0.39, 0.29) is 23.7 Å². The molecule has 1 aliphatic rings. The molecule has 4 rings (SSSR count). The highest BCUT2D eigenvalue weighted by Gasteiger charge is 2.27. The number of hydrogen-bond acceptors (Lipinski definition) is 5. The zero-order valence-electron chi connectivity index (χ0n) is 17.2. The van der Waals surface area contributed by atoms with Crippen LogP contribution in [0, 0.1) is 5.82 Å². The van der Waals surface area contributed by atoms with Crippen LogP contribution in [0.5, 0.6) is 0 Å². The number of benzene rings is 2. The summed E-state index contributed by atoms with van der Waals surface area (Å²) in [5.41, 5.74) is 1.59. The molecule has 31 heavy (non-hydrogen) atoms. The number of halogens is 2. The van der Waals surface area contributed by atoms with E-state index in [9.17, 15) is 9.18 Å². The van der Waals surface area contributed by atoms with Crippen LogP contribution in [0.25, 0.3) is 11.4 Å². The Morgan fingerprint density at radius 2 is 2.13 bits per heavy atom. The Bertz CT molecular complexity index is 1040. The normalized spacial score (nSPS) is 18.0. The third-order valence-corrected chi connectivity index (χ3v) is 5.75. The first-order valence-corrected chi connectivity index (χ1v) is 10.7. The SMILES string of the molecule is CC(NC(=O)CN1CCCC(c2nc(-c3cccc(F)c3)no2)C1)c1ccc(Cl)cc1. The summed E-state index contributed by atoms with van der Waals surface area (Å²) in [6.45, 7) is 3.75. The fourth-order valence-corrected chi connectivity index (χ4v) is 4.00. The summed E-state index contributed by atoms with van der Waals surface area (Å²) in [6, 6.07) is 13.5. The predicted octanol–water partition coefficient (Wildman–Crippen LogP) is 4.59. The van der Waals surface area contributed by atoms with Gasteiger partial charge in [-0.05, 0) is 56.1 Å². The van der Waals surface area contributed by atoms with Gasteiger partial charge in [0.2, 0.25) is 17.6 Å². The zero-order valence-corrected chi connectivity index (χ0v) is 18.0. The Kier molecular flexibility index (Phi) is 6.63. The van der Waals surface area contributed by atoms with E-state index in [0.717, 1.165) is 24.9 Å². The van der Waals surface area contributed by atoms with Gasteiger partial charge in [-0.2, -0.15) is 4.98 Å². The van der Waals surface area contributed by atoms with E-state index in [1.807, 2.05) is 31.2 Å². The van der Waals surface area contributed by atoms with E-state index in [2.05, 4.69) is 20.4 Å². The van der Waals surface area contributed by atoms with Gasteiger partial charge in [0, 0.05) is 17.1 Å². The van der Waals surface area contributed by atoms with E-state index in [1.54, 1.807) is 12.1 Å². The van der Waals surface area contributed by atoms with Gasteiger partial charge in [-0.15, -0.1) is 0 Å². The van der Waals surface area contributed by atoms with Crippen LogP contribution in [0.1, 0.15) is 43.2 Å². The van der Waals surface area contributed by atoms with Gasteiger partial charge < -0.3 is 9.84 Å². The van der Waals surface area contributed by atoms with Crippen molar-refractivity contribution in [3.05, 3.63) is 70.8 Å². The van der Waals surface area contributed by atoms with Crippen molar-refractivity contribution in [1.82, 2.24) is 20.4 Å². The standard InChI is InChI=1S/C23H24ClFN4O2/c1-15(16-7-9-19(24)10-8-16)26-21(30)14-29-11-3-5-18(13-29)23-27-22(28-31-23)17-4-2-6-20(25)12-17/h2,4,6-10,12,15,18H,3,5,11,13-14H2,1H3,(H,26,30). The molecule has 3 aromatic rings. The molecule has 0 bridgehead atoms. The molecule has 1 aliphatic heterocycles. The minimum absolute atomic E-state index is 0.0333. The van der Waals surface area contributed by atoms with Crippen molar-refractivity contribution in [1.29, 1.82) is 0 Å². The van der Waals surface area contributed by atoms with Crippen LogP contribution >= 0.6 is 11.6 Å². The average Bonchev–Trinajstić information content (AvgIpc) is 3.25. The number of carbonyl (C=O) groups is 1. The summed E-state index contributed by atoms with van der Waals surface area (Å²) in [5, 5.41) is 7.72. The zero-order chi connectivity index (χ0) is 21.8. The maximum absolute atomic E-state index is 13.5. The molecule has 1 N–H and O–H groups in total. The molecule has 2 heterocycles. The van der Waals surface area contributed by atoms with Crippen LogP contribution in [0.4, 0.5) is 4.39 Å². The first kappa shape index (κ1) is 21.5. The second-order valence-electron chi connectivity index (χ2n) is 7.88. The van der Waals surface area contributed by atoms with Gasteiger partial charge in [0.05, 0.1) is 18.5 Å². The molecule has 0 aliphatic carbocycles. The third-order valence-electron chi connectivity index (χ3n) is 5.49. The summed E-state index contributed by atoms with van der Waals surface area (Å²) < 4.78 is 18.9. The van der Waals surface area contributed by atoms with Gasteiger partial charge in [-0.3, -0.25) is 9.69 Å². The quantitative estimate of drug-likeness (QED) is 0.604. The molecule has 1 amide bonds. The summed E-state index contributed by atoms with van der Waals surface area (Å²) in [5.74, 6) is 0.575. The summed E-state index contributed by atoms with van der Waals surface area (Å²) in [7, 11) is 0. The van der Waals surface area contributed by atoms with Gasteiger partial charge >= 0.3 is 0 Å². The lowest BCUT2D eigenvalue weighted by molar-refractivity contribution is -0.123. The van der Waals surface area contributed by atoms with E-state index in [0.29, 0.717) is 35.4 Å². The maximum atomic E-state index is 13.5. The van der Waals surface area contributed by atoms with Crippen molar-refractivity contribution in [3.8, 4) is 11.4 Å². The van der Waals surface area contributed by atoms with Crippen molar-refractivity contribution in [3.63, 3.8) is 0 Å². The highest BCUT2D eigenvalue weighted by molar-refractivity contribution is 6.30. The number of piperidine rings is 1. The van der Waals surface area contributed by atoms with Crippen LogP contribution in [0.15, 0.2) is 53.1 Å². The predicted molar refractivity (Wildman–Crippen MR) is 116 cm³/mol. The highest BCUT2D eigenvalue weighted by Crippen LogP contribution is 2.27. The first-order valence-electron chi connectivity index (χ1n) is 10.3. The smallest absolute Gasteiger partial charge is 0.234 e. The Hall–Kier alpha value is -2.77. The fourth-order valence-electron chi connectivity index (χ4n) is 3.87. The molecular weight excluding hydrogens is 419 g/mol. The molecule has 162 valence electrons. The molecule has 0 radical (unpaired) electrons. The molecule has 2 atom stereocenters. The summed E-state index contributed by atoms with van der Waals surface area (Å²) >= 11 is 5.93. The molecule has 2 unspecified atom stereocenters. The van der Waals surface area contributed by atoms with Gasteiger partial charge in [0.25, 0.3) is 0 Å². The Morgan fingerprint density at radius 3 is 2.90 bits per heavy atom. The number of nitrogens with one attached hydrogen (secondary N) is 1. The fraction of sp³-hybridized carbons (Fsp3) is 0.348. The third kappa shape index (κ3) is 5.48. The van der Waals surface area contributed by atoms with Crippen molar-refractivity contribution in [2.45, 2.75) is 31.7 Å². The molecule has 2 aromatic carbocycles. The molecule has 0 saturated carbocycles. The number of hydrogen-bond donors (Lipinski definition) is 1. The van der Waals surface area contributed by atoms with E-state index < -0.39 is 0 Å².